The van der Waals surface area contributed by atoms with Crippen LogP contribution in [-0.2, 0) is 36.0 Å². The fourth-order valence-corrected chi connectivity index (χ4v) is 7.14. The summed E-state index contributed by atoms with van der Waals surface area (Å²) in [6.45, 7) is 11.0. The zero-order valence-electron chi connectivity index (χ0n) is 22.8. The molecule has 0 aliphatic heterocycles. The molecule has 38 heavy (non-hydrogen) atoms. The predicted molar refractivity (Wildman–Crippen MR) is 152 cm³/mol. The number of hydrogen-bond donors (Lipinski definition) is 1. The quantitative estimate of drug-likeness (QED) is 0.240. The smallest absolute Gasteiger partial charge is 0.341 e. The Hall–Kier alpha value is -2.37. The topological polar surface area (TPSA) is 104 Å². The normalized spacial score (nSPS) is 15.1. The average Bonchev–Trinajstić information content (AvgIpc) is 3.49. The van der Waals surface area contributed by atoms with Crippen LogP contribution in [0.4, 0.5) is 5.00 Å². The van der Waals surface area contributed by atoms with Crippen LogP contribution < -0.4 is 5.32 Å². The third-order valence-corrected chi connectivity index (χ3v) is 9.22. The summed E-state index contributed by atoms with van der Waals surface area (Å²) in [6, 6.07) is 0. The Labute approximate surface area is 236 Å². The van der Waals surface area contributed by atoms with E-state index in [1.807, 2.05) is 18.5 Å². The van der Waals surface area contributed by atoms with Crippen molar-refractivity contribution < 1.29 is 14.3 Å². The summed E-state index contributed by atoms with van der Waals surface area (Å²) >= 11 is 9.35. The number of nitrogens with one attached hydrogen (secondary N) is 1. The van der Waals surface area contributed by atoms with Crippen molar-refractivity contribution in [3.05, 3.63) is 26.7 Å². The molecule has 1 atom stereocenters. The number of esters is 1. The van der Waals surface area contributed by atoms with Crippen LogP contribution in [0.25, 0.3) is 11.5 Å². The minimum absolute atomic E-state index is 0.122. The molecule has 1 aliphatic rings. The molecule has 3 heterocycles. The molecule has 1 amide bonds. The van der Waals surface area contributed by atoms with Crippen molar-refractivity contribution in [3.8, 4) is 11.5 Å². The first-order chi connectivity index (χ1) is 18.1. The summed E-state index contributed by atoms with van der Waals surface area (Å²) in [5.74, 6) is 1.09. The molecule has 9 nitrogen and oxygen atoms in total. The van der Waals surface area contributed by atoms with Gasteiger partial charge in [0.25, 0.3) is 0 Å². The summed E-state index contributed by atoms with van der Waals surface area (Å²) in [5.41, 5.74) is 2.97. The fraction of sp³-hybridized carbons (Fsp3) is 0.577. The number of anilines is 1. The average molecular weight is 579 g/mol. The molecule has 0 fully saturated rings. The molecule has 3 aromatic heterocycles. The lowest BCUT2D eigenvalue weighted by molar-refractivity contribution is -0.113. The maximum Gasteiger partial charge on any atom is 0.341 e. The van der Waals surface area contributed by atoms with Crippen LogP contribution in [0.2, 0.25) is 5.02 Å². The molecule has 0 radical (unpaired) electrons. The third kappa shape index (κ3) is 5.94. The molecule has 206 valence electrons. The first-order valence-corrected chi connectivity index (χ1v) is 15.2. The molecule has 0 aromatic carbocycles. The van der Waals surface area contributed by atoms with Gasteiger partial charge in [0, 0.05) is 18.5 Å². The number of carbonyl (C=O) groups excluding carboxylic acids is 2. The van der Waals surface area contributed by atoms with E-state index < -0.39 is 0 Å². The van der Waals surface area contributed by atoms with Crippen LogP contribution in [0.3, 0.4) is 0 Å². The number of halogens is 1. The van der Waals surface area contributed by atoms with Crippen LogP contribution in [0.15, 0.2) is 5.16 Å². The lowest BCUT2D eigenvalue weighted by Crippen LogP contribution is -2.18. The molecule has 3 aromatic rings. The third-order valence-electron chi connectivity index (χ3n) is 6.64. The molecule has 1 aliphatic carbocycles. The Bertz CT molecular complexity index is 1330. The van der Waals surface area contributed by atoms with Gasteiger partial charge in [-0.1, -0.05) is 50.6 Å². The van der Waals surface area contributed by atoms with E-state index in [2.05, 4.69) is 41.4 Å². The maximum absolute atomic E-state index is 13.1. The van der Waals surface area contributed by atoms with Gasteiger partial charge in [-0.15, -0.1) is 21.5 Å². The van der Waals surface area contributed by atoms with Crippen molar-refractivity contribution in [2.24, 2.45) is 18.9 Å². The molecule has 0 saturated carbocycles. The number of rotatable bonds is 10. The van der Waals surface area contributed by atoms with E-state index in [0.29, 0.717) is 57.2 Å². The highest BCUT2D eigenvalue weighted by Crippen LogP contribution is 2.41. The molecular weight excluding hydrogens is 544 g/mol. The molecule has 0 saturated heterocycles. The fourth-order valence-electron chi connectivity index (χ4n) is 4.78. The second-order valence-electron chi connectivity index (χ2n) is 9.96. The number of thiophene rings is 1. The Kier molecular flexibility index (Phi) is 9.20. The van der Waals surface area contributed by atoms with Gasteiger partial charge in [0.2, 0.25) is 5.91 Å². The predicted octanol–water partition coefficient (Wildman–Crippen LogP) is 5.78. The number of hydrogen-bond acceptors (Lipinski definition) is 8. The summed E-state index contributed by atoms with van der Waals surface area (Å²) in [4.78, 5) is 27.1. The molecule has 0 unspecified atom stereocenters. The van der Waals surface area contributed by atoms with E-state index in [9.17, 15) is 9.59 Å². The number of ether oxygens (including phenoxy) is 1. The zero-order valence-corrected chi connectivity index (χ0v) is 25.1. The highest BCUT2D eigenvalue weighted by molar-refractivity contribution is 7.99. The van der Waals surface area contributed by atoms with E-state index in [0.717, 1.165) is 36.9 Å². The highest BCUT2D eigenvalue weighted by atomic mass is 35.5. The van der Waals surface area contributed by atoms with Gasteiger partial charge in [-0.05, 0) is 50.5 Å². The second kappa shape index (κ2) is 12.2. The van der Waals surface area contributed by atoms with Crippen molar-refractivity contribution in [3.63, 3.8) is 0 Å². The van der Waals surface area contributed by atoms with Crippen LogP contribution in [0, 0.1) is 18.8 Å². The standard InChI is InChI=1S/C26H35ClN6O3S2/c1-7-16-9-10-17-18(11-16)38-24(20(17)25(35)36-8-2)28-19(34)13-37-26-30-29-23(33(26)12-14(3)4)22-21(27)15(5)31-32(22)6/h14,16H,7-13H2,1-6H3,(H,28,34)/t16-/m1/s1. The highest BCUT2D eigenvalue weighted by Gasteiger charge is 2.30. The number of thioether (sulfide) groups is 1. The first kappa shape index (κ1) is 28.6. The van der Waals surface area contributed by atoms with Gasteiger partial charge in [0.15, 0.2) is 11.0 Å². The van der Waals surface area contributed by atoms with E-state index in [1.54, 1.807) is 11.6 Å². The van der Waals surface area contributed by atoms with Gasteiger partial charge in [-0.25, -0.2) is 4.79 Å². The van der Waals surface area contributed by atoms with Gasteiger partial charge in [-0.3, -0.25) is 9.48 Å². The molecule has 4 rings (SSSR count). The Morgan fingerprint density at radius 3 is 2.68 bits per heavy atom. The SMILES string of the molecule is CCOC(=O)c1c(NC(=O)CSc2nnc(-c3c(Cl)c(C)nn3C)n2CC(C)C)sc2c1CC[C@@H](CC)C2. The van der Waals surface area contributed by atoms with Gasteiger partial charge in [0.05, 0.1) is 28.6 Å². The largest absolute Gasteiger partial charge is 0.462 e. The van der Waals surface area contributed by atoms with Gasteiger partial charge >= 0.3 is 5.97 Å². The summed E-state index contributed by atoms with van der Waals surface area (Å²) in [6.07, 6.45) is 3.92. The van der Waals surface area contributed by atoms with Crippen molar-refractivity contribution in [2.75, 3.05) is 17.7 Å². The van der Waals surface area contributed by atoms with Crippen molar-refractivity contribution in [1.82, 2.24) is 24.5 Å². The van der Waals surface area contributed by atoms with E-state index >= 15 is 0 Å². The number of aromatic nitrogens is 5. The minimum atomic E-state index is -0.368. The Balaban J connectivity index is 1.55. The number of nitrogens with zero attached hydrogens (tertiary/aromatic N) is 5. The van der Waals surface area contributed by atoms with Crippen molar-refractivity contribution in [2.45, 2.75) is 72.0 Å². The molecule has 1 N–H and O–H groups in total. The number of fused-ring (bicyclic) bond motifs is 1. The number of carbonyl (C=O) groups is 2. The Morgan fingerprint density at radius 1 is 1.29 bits per heavy atom. The van der Waals surface area contributed by atoms with Gasteiger partial charge in [-0.2, -0.15) is 5.10 Å². The molecule has 0 spiro atoms. The van der Waals surface area contributed by atoms with Crippen molar-refractivity contribution in [1.29, 1.82) is 0 Å². The number of aryl methyl sites for hydroxylation is 2. The molecule has 12 heteroatoms. The zero-order chi connectivity index (χ0) is 27.6. The molecule has 0 bridgehead atoms. The number of amides is 1. The van der Waals surface area contributed by atoms with Crippen molar-refractivity contribution >= 4 is 51.6 Å². The maximum atomic E-state index is 13.1. The summed E-state index contributed by atoms with van der Waals surface area (Å²) in [7, 11) is 1.83. The second-order valence-corrected chi connectivity index (χ2v) is 12.4. The minimum Gasteiger partial charge on any atom is -0.462 e. The van der Waals surface area contributed by atoms with Crippen LogP contribution in [0.1, 0.15) is 67.0 Å². The lowest BCUT2D eigenvalue weighted by atomic mass is 9.85. The first-order valence-electron chi connectivity index (χ1n) is 13.0. The van der Waals surface area contributed by atoms with E-state index in [4.69, 9.17) is 16.3 Å². The van der Waals surface area contributed by atoms with Crippen LogP contribution in [0.5, 0.6) is 0 Å². The van der Waals surface area contributed by atoms with Gasteiger partial charge < -0.3 is 14.6 Å². The van der Waals surface area contributed by atoms with Crippen LogP contribution in [-0.4, -0.2) is 48.8 Å². The Morgan fingerprint density at radius 2 is 2.05 bits per heavy atom. The van der Waals surface area contributed by atoms with E-state index in [1.165, 1.54) is 28.0 Å². The van der Waals surface area contributed by atoms with Crippen LogP contribution >= 0.6 is 34.7 Å². The summed E-state index contributed by atoms with van der Waals surface area (Å²) in [5, 5.41) is 17.9. The summed E-state index contributed by atoms with van der Waals surface area (Å²) < 4.78 is 9.04. The lowest BCUT2D eigenvalue weighted by Gasteiger charge is -2.20. The molecular formula is C26H35ClN6O3S2. The monoisotopic (exact) mass is 578 g/mol. The van der Waals surface area contributed by atoms with E-state index in [-0.39, 0.29) is 17.6 Å². The van der Waals surface area contributed by atoms with Gasteiger partial charge in [0.1, 0.15) is 10.7 Å².